The van der Waals surface area contributed by atoms with Crippen molar-refractivity contribution in [3.8, 4) is 0 Å². The SMILES string of the molecule is CC(C)(CNc1ccc(C(N)=O)cc1N)c1cccs1. The van der Waals surface area contributed by atoms with Crippen molar-refractivity contribution >= 4 is 28.6 Å². The van der Waals surface area contributed by atoms with E-state index in [4.69, 9.17) is 11.5 Å². The maximum absolute atomic E-state index is 11.1. The van der Waals surface area contributed by atoms with Gasteiger partial charge in [0.25, 0.3) is 0 Å². The van der Waals surface area contributed by atoms with Gasteiger partial charge < -0.3 is 16.8 Å². The third-order valence-corrected chi connectivity index (χ3v) is 4.48. The first kappa shape index (κ1) is 14.4. The first-order valence-corrected chi connectivity index (χ1v) is 7.25. The van der Waals surface area contributed by atoms with Crippen LogP contribution in [0.4, 0.5) is 11.4 Å². The minimum atomic E-state index is -0.470. The van der Waals surface area contributed by atoms with E-state index < -0.39 is 5.91 Å². The number of carbonyl (C=O) groups excluding carboxylic acids is 1. The summed E-state index contributed by atoms with van der Waals surface area (Å²) in [4.78, 5) is 12.4. The van der Waals surface area contributed by atoms with Gasteiger partial charge in [-0.2, -0.15) is 0 Å². The van der Waals surface area contributed by atoms with Gasteiger partial charge >= 0.3 is 0 Å². The van der Waals surface area contributed by atoms with Crippen LogP contribution in [0, 0.1) is 0 Å². The highest BCUT2D eigenvalue weighted by Crippen LogP contribution is 2.29. The van der Waals surface area contributed by atoms with Gasteiger partial charge in [0, 0.05) is 22.4 Å². The lowest BCUT2D eigenvalue weighted by Gasteiger charge is -2.24. The van der Waals surface area contributed by atoms with Crippen LogP contribution in [0.3, 0.4) is 0 Å². The molecule has 5 heteroatoms. The van der Waals surface area contributed by atoms with Crippen LogP contribution in [0.2, 0.25) is 0 Å². The summed E-state index contributed by atoms with van der Waals surface area (Å²) in [5.41, 5.74) is 13.0. The fraction of sp³-hybridized carbons (Fsp3) is 0.267. The Morgan fingerprint density at radius 2 is 2.10 bits per heavy atom. The van der Waals surface area contributed by atoms with Crippen LogP contribution >= 0.6 is 11.3 Å². The molecule has 2 rings (SSSR count). The van der Waals surface area contributed by atoms with E-state index in [1.54, 1.807) is 29.5 Å². The molecule has 0 aliphatic heterocycles. The average molecular weight is 289 g/mol. The number of thiophene rings is 1. The van der Waals surface area contributed by atoms with Gasteiger partial charge in [-0.1, -0.05) is 19.9 Å². The zero-order chi connectivity index (χ0) is 14.8. The van der Waals surface area contributed by atoms with E-state index in [0.29, 0.717) is 11.3 Å². The summed E-state index contributed by atoms with van der Waals surface area (Å²) in [7, 11) is 0. The summed E-state index contributed by atoms with van der Waals surface area (Å²) in [6.45, 7) is 5.12. The van der Waals surface area contributed by atoms with E-state index in [0.717, 1.165) is 12.2 Å². The third-order valence-electron chi connectivity index (χ3n) is 3.25. The summed E-state index contributed by atoms with van der Waals surface area (Å²) >= 11 is 1.74. The molecule has 0 aliphatic rings. The number of benzene rings is 1. The molecule has 0 unspecified atom stereocenters. The van der Waals surface area contributed by atoms with Crippen molar-refractivity contribution in [2.24, 2.45) is 5.73 Å². The van der Waals surface area contributed by atoms with Crippen molar-refractivity contribution in [3.05, 3.63) is 46.2 Å². The molecule has 0 spiro atoms. The lowest BCUT2D eigenvalue weighted by atomic mass is 9.91. The molecule has 0 saturated heterocycles. The van der Waals surface area contributed by atoms with E-state index >= 15 is 0 Å². The largest absolute Gasteiger partial charge is 0.397 e. The zero-order valence-corrected chi connectivity index (χ0v) is 12.5. The van der Waals surface area contributed by atoms with Gasteiger partial charge in [0.05, 0.1) is 11.4 Å². The standard InChI is InChI=1S/C15H19N3OS/c1-15(2,13-4-3-7-20-13)9-18-12-6-5-10(14(17)19)8-11(12)16/h3-8,18H,9,16H2,1-2H3,(H2,17,19). The van der Waals surface area contributed by atoms with Crippen molar-refractivity contribution in [1.82, 2.24) is 0 Å². The van der Waals surface area contributed by atoms with Crippen LogP contribution < -0.4 is 16.8 Å². The summed E-state index contributed by atoms with van der Waals surface area (Å²) in [6, 6.07) is 9.26. The molecule has 5 N–H and O–H groups in total. The molecule has 1 amide bonds. The molecule has 1 aromatic heterocycles. The molecule has 0 bridgehead atoms. The molecule has 4 nitrogen and oxygen atoms in total. The van der Waals surface area contributed by atoms with E-state index in [1.165, 1.54) is 4.88 Å². The number of carbonyl (C=O) groups is 1. The van der Waals surface area contributed by atoms with Crippen LogP contribution in [0.15, 0.2) is 35.7 Å². The fourth-order valence-electron chi connectivity index (χ4n) is 1.94. The average Bonchev–Trinajstić information content (AvgIpc) is 2.91. The third kappa shape index (κ3) is 3.11. The van der Waals surface area contributed by atoms with E-state index in [-0.39, 0.29) is 5.41 Å². The maximum Gasteiger partial charge on any atom is 0.248 e. The number of primary amides is 1. The number of anilines is 2. The summed E-state index contributed by atoms with van der Waals surface area (Å²) < 4.78 is 0. The molecule has 0 fully saturated rings. The van der Waals surface area contributed by atoms with Crippen LogP contribution in [0.25, 0.3) is 0 Å². The molecule has 1 aromatic carbocycles. The number of amides is 1. The molecule has 0 atom stereocenters. The van der Waals surface area contributed by atoms with Crippen molar-refractivity contribution in [2.75, 3.05) is 17.6 Å². The van der Waals surface area contributed by atoms with E-state index in [2.05, 4.69) is 36.7 Å². The Balaban J connectivity index is 2.10. The van der Waals surface area contributed by atoms with Crippen molar-refractivity contribution in [2.45, 2.75) is 19.3 Å². The van der Waals surface area contributed by atoms with Crippen LogP contribution in [0.1, 0.15) is 29.1 Å². The van der Waals surface area contributed by atoms with Gasteiger partial charge in [-0.3, -0.25) is 4.79 Å². The Bertz CT molecular complexity index is 606. The molecule has 1 heterocycles. The van der Waals surface area contributed by atoms with Gasteiger partial charge in [-0.15, -0.1) is 11.3 Å². The molecule has 20 heavy (non-hydrogen) atoms. The Kier molecular flexibility index (Phi) is 3.99. The summed E-state index contributed by atoms with van der Waals surface area (Å²) in [6.07, 6.45) is 0. The number of nitrogen functional groups attached to an aromatic ring is 1. The lowest BCUT2D eigenvalue weighted by molar-refractivity contribution is 0.100. The minimum Gasteiger partial charge on any atom is -0.397 e. The minimum absolute atomic E-state index is 0.0168. The van der Waals surface area contributed by atoms with Gasteiger partial charge in [-0.05, 0) is 29.6 Å². The van der Waals surface area contributed by atoms with E-state index in [1.807, 2.05) is 0 Å². The first-order valence-electron chi connectivity index (χ1n) is 6.37. The molecular weight excluding hydrogens is 270 g/mol. The summed E-state index contributed by atoms with van der Waals surface area (Å²) in [5.74, 6) is -0.470. The van der Waals surface area contributed by atoms with Gasteiger partial charge in [0.1, 0.15) is 0 Å². The lowest BCUT2D eigenvalue weighted by Crippen LogP contribution is -2.26. The number of hydrogen-bond acceptors (Lipinski definition) is 4. The molecule has 0 saturated carbocycles. The van der Waals surface area contributed by atoms with Crippen molar-refractivity contribution in [3.63, 3.8) is 0 Å². The molecule has 0 aliphatic carbocycles. The number of rotatable bonds is 5. The normalized spacial score (nSPS) is 11.3. The first-order chi connectivity index (χ1) is 9.40. The van der Waals surface area contributed by atoms with Gasteiger partial charge in [0.15, 0.2) is 0 Å². The second-order valence-corrected chi connectivity index (χ2v) is 6.33. The Morgan fingerprint density at radius 1 is 1.35 bits per heavy atom. The highest BCUT2D eigenvalue weighted by atomic mass is 32.1. The zero-order valence-electron chi connectivity index (χ0n) is 11.6. The van der Waals surface area contributed by atoms with Gasteiger partial charge in [-0.25, -0.2) is 0 Å². The van der Waals surface area contributed by atoms with Crippen molar-refractivity contribution < 1.29 is 4.79 Å². The van der Waals surface area contributed by atoms with Crippen LogP contribution in [-0.4, -0.2) is 12.5 Å². The number of hydrogen-bond donors (Lipinski definition) is 3. The predicted molar refractivity (Wildman–Crippen MR) is 85.2 cm³/mol. The second kappa shape index (κ2) is 5.54. The number of nitrogens with two attached hydrogens (primary N) is 2. The summed E-state index contributed by atoms with van der Waals surface area (Å²) in [5, 5.41) is 5.41. The molecular formula is C15H19N3OS. The Hall–Kier alpha value is -2.01. The quantitative estimate of drug-likeness (QED) is 0.740. The molecule has 0 radical (unpaired) electrons. The smallest absolute Gasteiger partial charge is 0.248 e. The van der Waals surface area contributed by atoms with Crippen LogP contribution in [-0.2, 0) is 5.41 Å². The predicted octanol–water partition coefficient (Wildman–Crippen LogP) is 2.82. The topological polar surface area (TPSA) is 81.1 Å². The highest BCUT2D eigenvalue weighted by Gasteiger charge is 2.21. The highest BCUT2D eigenvalue weighted by molar-refractivity contribution is 7.10. The monoisotopic (exact) mass is 289 g/mol. The fourth-order valence-corrected chi connectivity index (χ4v) is 2.80. The van der Waals surface area contributed by atoms with E-state index in [9.17, 15) is 4.79 Å². The van der Waals surface area contributed by atoms with Crippen molar-refractivity contribution in [1.29, 1.82) is 0 Å². The molecule has 2 aromatic rings. The maximum atomic E-state index is 11.1. The Morgan fingerprint density at radius 3 is 2.65 bits per heavy atom. The van der Waals surface area contributed by atoms with Crippen LogP contribution in [0.5, 0.6) is 0 Å². The number of nitrogens with one attached hydrogen (secondary N) is 1. The second-order valence-electron chi connectivity index (χ2n) is 5.38. The Labute approximate surface area is 122 Å². The van der Waals surface area contributed by atoms with Gasteiger partial charge in [0.2, 0.25) is 5.91 Å². The molecule has 106 valence electrons.